The fourth-order valence-electron chi connectivity index (χ4n) is 1.64. The zero-order valence-electron chi connectivity index (χ0n) is 11.0. The molecule has 96 valence electrons. The Morgan fingerprint density at radius 3 is 1.89 bits per heavy atom. The van der Waals surface area contributed by atoms with E-state index in [1.54, 1.807) is 0 Å². The Bertz CT molecular complexity index is 415. The summed E-state index contributed by atoms with van der Waals surface area (Å²) in [6, 6.07) is 18.4. The monoisotopic (exact) mass is 242 g/mol. The van der Waals surface area contributed by atoms with E-state index in [2.05, 4.69) is 39.2 Å². The lowest BCUT2D eigenvalue weighted by molar-refractivity contribution is -0.505. The predicted octanol–water partition coefficient (Wildman–Crippen LogP) is 1.91. The first kappa shape index (κ1) is 14.4. The molecule has 0 bridgehead atoms. The van der Waals surface area contributed by atoms with Crippen molar-refractivity contribution >= 4 is 11.4 Å². The quantitative estimate of drug-likeness (QED) is 0.609. The Morgan fingerprint density at radius 2 is 1.44 bits per heavy atom. The number of para-hydroxylation sites is 2. The van der Waals surface area contributed by atoms with Gasteiger partial charge in [0.2, 0.25) is 0 Å². The minimum Gasteiger partial charge on any atom is -0.446 e. The molecule has 2 nitrogen and oxygen atoms in total. The van der Waals surface area contributed by atoms with E-state index in [9.17, 15) is 0 Å². The SMILES string of the molecule is [CH2-][NH2+]c1ccccc1.[CH2-][NH2+]c1ccccc1CC. The van der Waals surface area contributed by atoms with Crippen molar-refractivity contribution in [3.05, 3.63) is 74.3 Å². The van der Waals surface area contributed by atoms with E-state index in [1.807, 2.05) is 47.0 Å². The second-order valence-electron chi connectivity index (χ2n) is 3.87. The summed E-state index contributed by atoms with van der Waals surface area (Å²) in [6.07, 6.45) is 1.09. The number of aryl methyl sites for hydroxylation is 1. The molecule has 0 aliphatic heterocycles. The maximum absolute atomic E-state index is 3.74. The number of nitrogens with two attached hydrogens (primary N) is 2. The minimum absolute atomic E-state index is 1.09. The maximum Gasteiger partial charge on any atom is 0.106 e. The van der Waals surface area contributed by atoms with Crippen molar-refractivity contribution in [2.24, 2.45) is 0 Å². The molecule has 2 rings (SSSR count). The average Bonchev–Trinajstić information content (AvgIpc) is 2.48. The molecule has 0 aliphatic carbocycles. The number of benzene rings is 2. The van der Waals surface area contributed by atoms with Crippen LogP contribution in [-0.2, 0) is 6.42 Å². The highest BCUT2D eigenvalue weighted by molar-refractivity contribution is 5.38. The van der Waals surface area contributed by atoms with Crippen molar-refractivity contribution in [1.82, 2.24) is 0 Å². The highest BCUT2D eigenvalue weighted by atomic mass is 14.8. The molecule has 2 aromatic carbocycles. The average molecular weight is 242 g/mol. The number of hydrogen-bond acceptors (Lipinski definition) is 0. The van der Waals surface area contributed by atoms with Gasteiger partial charge in [0, 0.05) is 5.56 Å². The topological polar surface area (TPSA) is 33.2 Å². The van der Waals surface area contributed by atoms with Crippen molar-refractivity contribution in [3.8, 4) is 0 Å². The van der Waals surface area contributed by atoms with Crippen molar-refractivity contribution in [2.75, 3.05) is 0 Å². The molecule has 0 saturated carbocycles. The van der Waals surface area contributed by atoms with Crippen LogP contribution in [0.25, 0.3) is 0 Å². The number of hydrogen-bond donors (Lipinski definition) is 2. The second kappa shape index (κ2) is 8.45. The molecule has 0 unspecified atom stereocenters. The van der Waals surface area contributed by atoms with Crippen molar-refractivity contribution in [3.63, 3.8) is 0 Å². The molecule has 2 heteroatoms. The first-order valence-corrected chi connectivity index (χ1v) is 6.19. The van der Waals surface area contributed by atoms with Crippen LogP contribution < -0.4 is 10.6 Å². The van der Waals surface area contributed by atoms with Gasteiger partial charge in [0.05, 0.1) is 0 Å². The van der Waals surface area contributed by atoms with Crippen molar-refractivity contribution < 1.29 is 10.6 Å². The van der Waals surface area contributed by atoms with E-state index in [0.29, 0.717) is 0 Å². The Morgan fingerprint density at radius 1 is 0.833 bits per heavy atom. The van der Waals surface area contributed by atoms with Crippen LogP contribution in [0, 0.1) is 14.1 Å². The van der Waals surface area contributed by atoms with Gasteiger partial charge in [-0.15, -0.1) is 14.1 Å². The Kier molecular flexibility index (Phi) is 6.77. The normalized spacial score (nSPS) is 9.50. The second-order valence-corrected chi connectivity index (χ2v) is 3.87. The van der Waals surface area contributed by atoms with Gasteiger partial charge in [-0.2, -0.15) is 0 Å². The molecule has 0 aromatic heterocycles. The zero-order valence-corrected chi connectivity index (χ0v) is 11.0. The molecule has 2 aromatic rings. The molecule has 4 N–H and O–H groups in total. The van der Waals surface area contributed by atoms with Crippen LogP contribution in [0.3, 0.4) is 0 Å². The van der Waals surface area contributed by atoms with E-state index in [-0.39, 0.29) is 0 Å². The molecule has 0 fully saturated rings. The van der Waals surface area contributed by atoms with Crippen molar-refractivity contribution in [2.45, 2.75) is 13.3 Å². The van der Waals surface area contributed by atoms with E-state index in [1.165, 1.54) is 16.9 Å². The van der Waals surface area contributed by atoms with E-state index in [4.69, 9.17) is 0 Å². The summed E-state index contributed by atoms with van der Waals surface area (Å²) < 4.78 is 0. The summed E-state index contributed by atoms with van der Waals surface area (Å²) in [6.45, 7) is 2.16. The minimum atomic E-state index is 1.09. The molecule has 0 heterocycles. The first-order chi connectivity index (χ1) is 8.81. The van der Waals surface area contributed by atoms with Crippen LogP contribution in [-0.4, -0.2) is 0 Å². The smallest absolute Gasteiger partial charge is 0.106 e. The van der Waals surface area contributed by atoms with Crippen LogP contribution in [0.15, 0.2) is 54.6 Å². The van der Waals surface area contributed by atoms with Gasteiger partial charge >= 0.3 is 0 Å². The standard InChI is InChI=1S/C9H13N.C7H9N/c1-3-8-6-4-5-7-9(8)10-2;1-8-7-5-3-2-4-6-7/h4-7H,2-3,10H2,1H3;2-6H,1,8H2. The Hall–Kier alpha value is -1.64. The third-order valence-electron chi connectivity index (χ3n) is 2.69. The summed E-state index contributed by atoms with van der Waals surface area (Å²) in [5.41, 5.74) is 3.80. The zero-order chi connectivity index (χ0) is 13.2. The Balaban J connectivity index is 0.000000184. The van der Waals surface area contributed by atoms with E-state index in [0.717, 1.165) is 6.42 Å². The number of quaternary nitrogens is 2. The lowest BCUT2D eigenvalue weighted by Crippen LogP contribution is -2.70. The summed E-state index contributed by atoms with van der Waals surface area (Å²) in [7, 11) is 7.37. The highest BCUT2D eigenvalue weighted by Gasteiger charge is 1.95. The van der Waals surface area contributed by atoms with Gasteiger partial charge in [0.15, 0.2) is 0 Å². The molecule has 0 saturated heterocycles. The largest absolute Gasteiger partial charge is 0.446 e. The van der Waals surface area contributed by atoms with Gasteiger partial charge in [0.25, 0.3) is 0 Å². The van der Waals surface area contributed by atoms with Crippen molar-refractivity contribution in [1.29, 1.82) is 0 Å². The first-order valence-electron chi connectivity index (χ1n) is 6.19. The Labute approximate surface area is 110 Å². The summed E-state index contributed by atoms with van der Waals surface area (Å²) in [4.78, 5) is 0. The van der Waals surface area contributed by atoms with Crippen LogP contribution >= 0.6 is 0 Å². The van der Waals surface area contributed by atoms with E-state index < -0.39 is 0 Å². The van der Waals surface area contributed by atoms with Crippen LogP contribution in [0.5, 0.6) is 0 Å². The van der Waals surface area contributed by atoms with Gasteiger partial charge in [-0.1, -0.05) is 43.3 Å². The van der Waals surface area contributed by atoms with E-state index >= 15 is 0 Å². The van der Waals surface area contributed by atoms with Crippen LogP contribution in [0.2, 0.25) is 0 Å². The summed E-state index contributed by atoms with van der Waals surface area (Å²) in [5, 5.41) is 3.73. The maximum atomic E-state index is 3.74. The van der Waals surface area contributed by atoms with Gasteiger partial charge < -0.3 is 10.6 Å². The molecule has 0 amide bonds. The summed E-state index contributed by atoms with van der Waals surface area (Å²) in [5.74, 6) is 0. The molecule has 18 heavy (non-hydrogen) atoms. The van der Waals surface area contributed by atoms with Gasteiger partial charge in [-0.25, -0.2) is 0 Å². The third-order valence-corrected chi connectivity index (χ3v) is 2.69. The third kappa shape index (κ3) is 4.70. The van der Waals surface area contributed by atoms with Gasteiger partial charge in [0.1, 0.15) is 11.4 Å². The lowest BCUT2D eigenvalue weighted by atomic mass is 10.1. The predicted molar refractivity (Wildman–Crippen MR) is 76.1 cm³/mol. The molecule has 0 aliphatic rings. The molecule has 0 radical (unpaired) electrons. The van der Waals surface area contributed by atoms with Crippen LogP contribution in [0.1, 0.15) is 12.5 Å². The fourth-order valence-corrected chi connectivity index (χ4v) is 1.64. The van der Waals surface area contributed by atoms with Crippen LogP contribution in [0.4, 0.5) is 11.4 Å². The lowest BCUT2D eigenvalue weighted by Gasteiger charge is -2.03. The highest BCUT2D eigenvalue weighted by Crippen LogP contribution is 2.08. The number of rotatable bonds is 3. The fraction of sp³-hybridized carbons (Fsp3) is 0.125. The molecule has 0 spiro atoms. The van der Waals surface area contributed by atoms with Gasteiger partial charge in [-0.05, 0) is 24.6 Å². The molecular weight excluding hydrogens is 220 g/mol. The molecule has 0 atom stereocenters. The molecular formula is C16H22N2. The van der Waals surface area contributed by atoms with Gasteiger partial charge in [-0.3, -0.25) is 0 Å². The summed E-state index contributed by atoms with van der Waals surface area (Å²) >= 11 is 0.